The molecule has 6 heteroatoms. The van der Waals surface area contributed by atoms with Crippen LogP contribution in [-0.2, 0) is 0 Å². The quantitative estimate of drug-likeness (QED) is 0.791. The summed E-state index contributed by atoms with van der Waals surface area (Å²) in [5.74, 6) is 2.37. The normalized spacial score (nSPS) is 16.8. The van der Waals surface area contributed by atoms with Crippen LogP contribution in [0.2, 0.25) is 0 Å². The highest BCUT2D eigenvalue weighted by Crippen LogP contribution is 2.19. The van der Waals surface area contributed by atoms with Gasteiger partial charge in [0.1, 0.15) is 11.6 Å². The molecule has 0 amide bonds. The molecule has 0 aromatic carbocycles. The molecule has 1 aromatic heterocycles. The van der Waals surface area contributed by atoms with E-state index in [1.165, 1.54) is 6.42 Å². The van der Waals surface area contributed by atoms with Gasteiger partial charge in [0.25, 0.3) is 0 Å². The van der Waals surface area contributed by atoms with E-state index < -0.39 is 0 Å². The second-order valence-corrected chi connectivity index (χ2v) is 5.49. The Kier molecular flexibility index (Phi) is 6.20. The van der Waals surface area contributed by atoms with Crippen LogP contribution in [0.25, 0.3) is 0 Å². The van der Waals surface area contributed by atoms with Crippen molar-refractivity contribution in [1.82, 2.24) is 14.9 Å². The number of anilines is 1. The number of rotatable bonds is 6. The van der Waals surface area contributed by atoms with Crippen LogP contribution in [0.5, 0.6) is 5.88 Å². The number of nitrogens with zero attached hydrogens (tertiary/aromatic N) is 4. The molecule has 0 aliphatic carbocycles. The van der Waals surface area contributed by atoms with Gasteiger partial charge in [-0.15, -0.1) is 0 Å². The summed E-state index contributed by atoms with van der Waals surface area (Å²) in [5, 5.41) is 0. The molecule has 21 heavy (non-hydrogen) atoms. The molecule has 0 atom stereocenters. The minimum Gasteiger partial charge on any atom is -0.481 e. The lowest BCUT2D eigenvalue weighted by atomic mass is 10.3. The number of hydrogen-bond acceptors (Lipinski definition) is 6. The zero-order valence-corrected chi connectivity index (χ0v) is 13.2. The van der Waals surface area contributed by atoms with Gasteiger partial charge in [-0.25, -0.2) is 4.98 Å². The summed E-state index contributed by atoms with van der Waals surface area (Å²) >= 11 is 0. The van der Waals surface area contributed by atoms with E-state index in [0.29, 0.717) is 5.88 Å². The van der Waals surface area contributed by atoms with Gasteiger partial charge in [0.2, 0.25) is 5.88 Å². The van der Waals surface area contributed by atoms with Crippen LogP contribution in [0, 0.1) is 6.92 Å². The maximum Gasteiger partial charge on any atom is 0.218 e. The van der Waals surface area contributed by atoms with Crippen LogP contribution in [0.15, 0.2) is 6.07 Å². The zero-order valence-electron chi connectivity index (χ0n) is 13.2. The third kappa shape index (κ3) is 4.82. The molecule has 0 spiro atoms. The number of unbranched alkanes of at least 4 members (excludes halogenated alkanes) is 1. The van der Waals surface area contributed by atoms with Crippen LogP contribution >= 0.6 is 0 Å². The van der Waals surface area contributed by atoms with E-state index >= 15 is 0 Å². The lowest BCUT2D eigenvalue weighted by Crippen LogP contribution is -2.32. The first-order valence-corrected chi connectivity index (χ1v) is 7.80. The molecule has 0 saturated carbocycles. The van der Waals surface area contributed by atoms with Crippen molar-refractivity contribution < 1.29 is 4.74 Å². The molecule has 6 nitrogen and oxygen atoms in total. The van der Waals surface area contributed by atoms with Crippen LogP contribution in [0.4, 0.5) is 5.82 Å². The average molecular weight is 293 g/mol. The van der Waals surface area contributed by atoms with E-state index in [9.17, 15) is 0 Å². The molecule has 1 saturated heterocycles. The van der Waals surface area contributed by atoms with Crippen LogP contribution in [-0.4, -0.2) is 61.2 Å². The minimum atomic E-state index is 0.640. The Bertz CT molecular complexity index is 440. The van der Waals surface area contributed by atoms with Gasteiger partial charge in [0, 0.05) is 25.7 Å². The topological polar surface area (TPSA) is 67.5 Å². The minimum absolute atomic E-state index is 0.640. The predicted octanol–water partition coefficient (Wildman–Crippen LogP) is 1.04. The van der Waals surface area contributed by atoms with E-state index in [0.717, 1.165) is 63.8 Å². The summed E-state index contributed by atoms with van der Waals surface area (Å²) in [7, 11) is 1.65. The number of hydrogen-bond donors (Lipinski definition) is 1. The molecule has 2 rings (SSSR count). The number of ether oxygens (including phenoxy) is 1. The first-order valence-electron chi connectivity index (χ1n) is 7.80. The maximum absolute atomic E-state index is 5.56. The van der Waals surface area contributed by atoms with Gasteiger partial charge in [-0.3, -0.25) is 0 Å². The van der Waals surface area contributed by atoms with Crippen molar-refractivity contribution >= 4 is 5.82 Å². The molecule has 1 fully saturated rings. The van der Waals surface area contributed by atoms with Gasteiger partial charge in [0.05, 0.1) is 7.11 Å². The third-order valence-corrected chi connectivity index (χ3v) is 3.85. The fourth-order valence-corrected chi connectivity index (χ4v) is 2.70. The standard InChI is InChI=1S/C15H27N5O/c1-13-17-14(12-15(18-13)21-2)20-9-5-8-19(10-11-20)7-4-3-6-16/h12H,3-11,16H2,1-2H3. The molecular weight excluding hydrogens is 266 g/mol. The Morgan fingerprint density at radius 1 is 1.19 bits per heavy atom. The van der Waals surface area contributed by atoms with Crippen molar-refractivity contribution in [2.24, 2.45) is 5.73 Å². The number of nitrogens with two attached hydrogens (primary N) is 1. The summed E-state index contributed by atoms with van der Waals surface area (Å²) in [6.07, 6.45) is 3.47. The van der Waals surface area contributed by atoms with Crippen molar-refractivity contribution in [3.8, 4) is 5.88 Å². The van der Waals surface area contributed by atoms with Crippen LogP contribution in [0.1, 0.15) is 25.1 Å². The molecule has 2 heterocycles. The fourth-order valence-electron chi connectivity index (χ4n) is 2.70. The first-order chi connectivity index (χ1) is 10.2. The Balaban J connectivity index is 1.94. The van der Waals surface area contributed by atoms with Gasteiger partial charge in [-0.2, -0.15) is 4.98 Å². The van der Waals surface area contributed by atoms with Crippen molar-refractivity contribution in [2.75, 3.05) is 51.3 Å². The SMILES string of the molecule is COc1cc(N2CCCN(CCCCN)CC2)nc(C)n1. The van der Waals surface area contributed by atoms with Crippen LogP contribution < -0.4 is 15.4 Å². The molecule has 0 radical (unpaired) electrons. The van der Waals surface area contributed by atoms with E-state index in [2.05, 4.69) is 19.8 Å². The molecule has 1 aliphatic heterocycles. The summed E-state index contributed by atoms with van der Waals surface area (Å²) in [5.41, 5.74) is 5.56. The van der Waals surface area contributed by atoms with Crippen LogP contribution in [0.3, 0.4) is 0 Å². The average Bonchev–Trinajstić information content (AvgIpc) is 2.72. The lowest BCUT2D eigenvalue weighted by Gasteiger charge is -2.23. The first kappa shape index (κ1) is 16.0. The highest BCUT2D eigenvalue weighted by molar-refractivity contribution is 5.42. The second kappa shape index (κ2) is 8.14. The Labute approximate surface area is 127 Å². The fraction of sp³-hybridized carbons (Fsp3) is 0.733. The van der Waals surface area contributed by atoms with E-state index in [-0.39, 0.29) is 0 Å². The molecule has 0 bridgehead atoms. The van der Waals surface area contributed by atoms with Gasteiger partial charge in [-0.1, -0.05) is 0 Å². The lowest BCUT2D eigenvalue weighted by molar-refractivity contribution is 0.288. The molecule has 118 valence electrons. The number of methoxy groups -OCH3 is 1. The van der Waals surface area contributed by atoms with Gasteiger partial charge in [-0.05, 0) is 45.8 Å². The molecule has 0 unspecified atom stereocenters. The van der Waals surface area contributed by atoms with Gasteiger partial charge >= 0.3 is 0 Å². The summed E-state index contributed by atoms with van der Waals surface area (Å²) in [6.45, 7) is 8.12. The molecule has 1 aliphatic rings. The van der Waals surface area contributed by atoms with E-state index in [1.807, 2.05) is 13.0 Å². The van der Waals surface area contributed by atoms with Crippen molar-refractivity contribution in [3.05, 3.63) is 11.9 Å². The summed E-state index contributed by atoms with van der Waals surface area (Å²) in [4.78, 5) is 13.7. The number of aromatic nitrogens is 2. The zero-order chi connectivity index (χ0) is 15.1. The molecular formula is C15H27N5O. The second-order valence-electron chi connectivity index (χ2n) is 5.49. The highest BCUT2D eigenvalue weighted by Gasteiger charge is 2.16. The van der Waals surface area contributed by atoms with E-state index in [1.54, 1.807) is 7.11 Å². The monoisotopic (exact) mass is 293 g/mol. The van der Waals surface area contributed by atoms with Gasteiger partial charge < -0.3 is 20.3 Å². The van der Waals surface area contributed by atoms with E-state index in [4.69, 9.17) is 10.5 Å². The Hall–Kier alpha value is -1.40. The predicted molar refractivity (Wildman–Crippen MR) is 84.9 cm³/mol. The third-order valence-electron chi connectivity index (χ3n) is 3.85. The maximum atomic E-state index is 5.56. The highest BCUT2D eigenvalue weighted by atomic mass is 16.5. The summed E-state index contributed by atoms with van der Waals surface area (Å²) < 4.78 is 5.24. The smallest absolute Gasteiger partial charge is 0.218 e. The van der Waals surface area contributed by atoms with Crippen molar-refractivity contribution in [3.63, 3.8) is 0 Å². The van der Waals surface area contributed by atoms with Crippen molar-refractivity contribution in [1.29, 1.82) is 0 Å². The largest absolute Gasteiger partial charge is 0.481 e. The molecule has 2 N–H and O–H groups in total. The molecule has 1 aromatic rings. The van der Waals surface area contributed by atoms with Gasteiger partial charge in [0.15, 0.2) is 0 Å². The Morgan fingerprint density at radius 2 is 2.05 bits per heavy atom. The number of aryl methyl sites for hydroxylation is 1. The summed E-state index contributed by atoms with van der Waals surface area (Å²) in [6, 6.07) is 1.93. The van der Waals surface area contributed by atoms with Crippen molar-refractivity contribution in [2.45, 2.75) is 26.2 Å². The Morgan fingerprint density at radius 3 is 2.81 bits per heavy atom.